The van der Waals surface area contributed by atoms with E-state index in [0.717, 1.165) is 11.4 Å². The van der Waals surface area contributed by atoms with Crippen LogP contribution < -0.4 is 4.90 Å². The van der Waals surface area contributed by atoms with Crippen LogP contribution in [0.15, 0.2) is 206 Å². The number of anilines is 3. The van der Waals surface area contributed by atoms with Gasteiger partial charge in [0.05, 0.1) is 11.1 Å². The summed E-state index contributed by atoms with van der Waals surface area (Å²) in [5, 5.41) is 2.57. The Morgan fingerprint density at radius 3 is 1.95 bits per heavy atom. The van der Waals surface area contributed by atoms with Gasteiger partial charge >= 0.3 is 0 Å². The van der Waals surface area contributed by atoms with Crippen LogP contribution in [0.5, 0.6) is 0 Å². The second-order valence-corrected chi connectivity index (χ2v) is 16.5. The molecule has 0 heterocycles. The molecule has 0 bridgehead atoms. The number of fused-ring (bicyclic) bond motifs is 13. The minimum Gasteiger partial charge on any atom is -0.310 e. The summed E-state index contributed by atoms with van der Waals surface area (Å²) in [7, 11) is 0. The lowest BCUT2D eigenvalue weighted by Crippen LogP contribution is -2.26. The highest BCUT2D eigenvalue weighted by molar-refractivity contribution is 6.06. The van der Waals surface area contributed by atoms with Gasteiger partial charge in [-0.3, -0.25) is 0 Å². The van der Waals surface area contributed by atoms with Crippen LogP contribution >= 0.6 is 0 Å². The third kappa shape index (κ3) is 4.65. The van der Waals surface area contributed by atoms with E-state index in [-0.39, 0.29) is 5.41 Å². The number of benzene rings is 8. The number of nitrogens with zero attached hydrogens (tertiary/aromatic N) is 1. The van der Waals surface area contributed by atoms with Crippen LogP contribution in [0, 0.1) is 0 Å². The van der Waals surface area contributed by atoms with E-state index in [2.05, 4.69) is 220 Å². The molecule has 1 atom stereocenters. The predicted octanol–water partition coefficient (Wildman–Crippen LogP) is 15.1. The Labute approximate surface area is 341 Å². The van der Waals surface area contributed by atoms with Crippen molar-refractivity contribution >= 4 is 33.4 Å². The molecule has 0 saturated carbocycles. The summed E-state index contributed by atoms with van der Waals surface area (Å²) < 4.78 is 0. The van der Waals surface area contributed by atoms with Crippen LogP contribution in [0.4, 0.5) is 17.1 Å². The molecule has 3 aliphatic rings. The molecule has 58 heavy (non-hydrogen) atoms. The van der Waals surface area contributed by atoms with Crippen molar-refractivity contribution in [3.63, 3.8) is 0 Å². The number of hydrogen-bond donors (Lipinski definition) is 0. The van der Waals surface area contributed by atoms with Crippen molar-refractivity contribution in [1.29, 1.82) is 0 Å². The summed E-state index contributed by atoms with van der Waals surface area (Å²) in [6.45, 7) is 11.0. The molecule has 0 radical (unpaired) electrons. The van der Waals surface area contributed by atoms with Gasteiger partial charge in [0.25, 0.3) is 0 Å². The van der Waals surface area contributed by atoms with Gasteiger partial charge in [0.15, 0.2) is 0 Å². The van der Waals surface area contributed by atoms with E-state index >= 15 is 0 Å². The largest absolute Gasteiger partial charge is 0.310 e. The number of allylic oxidation sites excluding steroid dienone is 5. The van der Waals surface area contributed by atoms with E-state index in [1.165, 1.54) is 94.4 Å². The molecule has 1 heteroatoms. The Bertz CT molecular complexity index is 3050. The number of hydrogen-bond acceptors (Lipinski definition) is 1. The molecule has 1 nitrogen and oxygen atoms in total. The van der Waals surface area contributed by atoms with E-state index in [1.807, 2.05) is 6.08 Å². The van der Waals surface area contributed by atoms with Gasteiger partial charge < -0.3 is 4.90 Å². The number of rotatable bonds is 6. The van der Waals surface area contributed by atoms with E-state index in [9.17, 15) is 0 Å². The summed E-state index contributed by atoms with van der Waals surface area (Å²) in [4.78, 5) is 2.51. The monoisotopic (exact) mass is 741 g/mol. The zero-order valence-corrected chi connectivity index (χ0v) is 33.1. The lowest BCUT2D eigenvalue weighted by Gasteiger charge is -2.33. The lowest BCUT2D eigenvalue weighted by molar-refractivity contribution is 0.639. The minimum atomic E-state index is -0.481. The van der Waals surface area contributed by atoms with Crippen LogP contribution in [-0.2, 0) is 10.8 Å². The van der Waals surface area contributed by atoms with Gasteiger partial charge in [-0.05, 0) is 115 Å². The molecule has 0 aliphatic heterocycles. The quantitative estimate of drug-likeness (QED) is 0.153. The second-order valence-electron chi connectivity index (χ2n) is 16.5. The van der Waals surface area contributed by atoms with Crippen LogP contribution in [0.3, 0.4) is 0 Å². The summed E-state index contributed by atoms with van der Waals surface area (Å²) in [6, 6.07) is 65.8. The van der Waals surface area contributed by atoms with Crippen LogP contribution in [0.2, 0.25) is 0 Å². The molecule has 0 aromatic heterocycles. The van der Waals surface area contributed by atoms with Gasteiger partial charge in [0.1, 0.15) is 0 Å². The average Bonchev–Trinajstić information content (AvgIpc) is 3.82. The van der Waals surface area contributed by atoms with Gasteiger partial charge in [-0.25, -0.2) is 0 Å². The molecule has 1 unspecified atom stereocenters. The highest BCUT2D eigenvalue weighted by atomic mass is 15.1. The van der Waals surface area contributed by atoms with Crippen molar-refractivity contribution in [3.8, 4) is 33.4 Å². The third-order valence-electron chi connectivity index (χ3n) is 13.4. The highest BCUT2D eigenvalue weighted by Gasteiger charge is 2.53. The normalized spacial score (nSPS) is 16.7. The SMILES string of the molecule is C=C/C=C\C1=C(C)C(C)(C)c2cc(N(c3ccc(-c4ccccc4)cc3)c3cccc4c3-c3ccccc3C43c4ccccc4-c4ccc5ccccc5c43)ccc21. The molecule has 3 aliphatic carbocycles. The van der Waals surface area contributed by atoms with Crippen molar-refractivity contribution < 1.29 is 0 Å². The topological polar surface area (TPSA) is 3.24 Å². The molecule has 0 fully saturated rings. The molecule has 8 aromatic rings. The zero-order chi connectivity index (χ0) is 39.2. The van der Waals surface area contributed by atoms with Gasteiger partial charge in [-0.2, -0.15) is 0 Å². The molecule has 1 spiro atoms. The van der Waals surface area contributed by atoms with E-state index in [0.29, 0.717) is 0 Å². The Balaban J connectivity index is 1.20. The summed E-state index contributed by atoms with van der Waals surface area (Å²) in [6.07, 6.45) is 6.14. The Morgan fingerprint density at radius 2 is 1.16 bits per heavy atom. The fourth-order valence-corrected chi connectivity index (χ4v) is 10.5. The van der Waals surface area contributed by atoms with Crippen LogP contribution in [0.25, 0.3) is 49.7 Å². The van der Waals surface area contributed by atoms with Crippen molar-refractivity contribution in [2.24, 2.45) is 0 Å². The first-order chi connectivity index (χ1) is 28.4. The van der Waals surface area contributed by atoms with Gasteiger partial charge in [-0.15, -0.1) is 0 Å². The third-order valence-corrected chi connectivity index (χ3v) is 13.4. The maximum Gasteiger partial charge on any atom is 0.0732 e. The molecule has 11 rings (SSSR count). The molecule has 8 aromatic carbocycles. The van der Waals surface area contributed by atoms with Gasteiger partial charge in [0.2, 0.25) is 0 Å². The molecular weight excluding hydrogens is 699 g/mol. The smallest absolute Gasteiger partial charge is 0.0732 e. The molecule has 0 N–H and O–H groups in total. The van der Waals surface area contributed by atoms with Gasteiger partial charge in [-0.1, -0.05) is 190 Å². The van der Waals surface area contributed by atoms with Gasteiger partial charge in [0, 0.05) is 22.4 Å². The van der Waals surface area contributed by atoms with Crippen molar-refractivity contribution in [3.05, 3.63) is 240 Å². The molecular formula is C57H43N. The summed E-state index contributed by atoms with van der Waals surface area (Å²) in [5.74, 6) is 0. The lowest BCUT2D eigenvalue weighted by atomic mass is 9.69. The van der Waals surface area contributed by atoms with Crippen LogP contribution in [0.1, 0.15) is 54.2 Å². The Kier molecular flexibility index (Phi) is 7.56. The first kappa shape index (κ1) is 34.3. The fourth-order valence-electron chi connectivity index (χ4n) is 10.5. The predicted molar refractivity (Wildman–Crippen MR) is 245 cm³/mol. The minimum absolute atomic E-state index is 0.136. The van der Waals surface area contributed by atoms with E-state index < -0.39 is 5.41 Å². The maximum absolute atomic E-state index is 3.96. The first-order valence-electron chi connectivity index (χ1n) is 20.4. The van der Waals surface area contributed by atoms with Crippen LogP contribution in [-0.4, -0.2) is 0 Å². The summed E-state index contributed by atoms with van der Waals surface area (Å²) >= 11 is 0. The van der Waals surface area contributed by atoms with E-state index in [1.54, 1.807) is 0 Å². The fraction of sp³-hybridized carbons (Fsp3) is 0.0877. The van der Waals surface area contributed by atoms with Crippen molar-refractivity contribution in [2.75, 3.05) is 4.90 Å². The standard InChI is InChI=1S/C57H43N/c1-5-6-20-43-37(2)56(3,4)52-36-42(33-35-46(43)52)58(41-31-28-39(29-32-41)38-17-8-7-9-18-38)53-27-16-26-51-54(53)48-23-13-15-25-50(48)57(51)49-24-14-12-22-45(49)47-34-30-40-19-10-11-21-44(40)55(47)57/h5-36H,1H2,2-4H3/b20-6-. The second kappa shape index (κ2) is 12.8. The highest BCUT2D eigenvalue weighted by Crippen LogP contribution is 2.66. The van der Waals surface area contributed by atoms with Crippen molar-refractivity contribution in [2.45, 2.75) is 31.6 Å². The van der Waals surface area contributed by atoms with E-state index in [4.69, 9.17) is 0 Å². The van der Waals surface area contributed by atoms with Crippen molar-refractivity contribution in [1.82, 2.24) is 0 Å². The molecule has 0 amide bonds. The maximum atomic E-state index is 3.96. The Hall–Kier alpha value is -6.96. The Morgan fingerprint density at radius 1 is 0.517 bits per heavy atom. The molecule has 276 valence electrons. The molecule has 0 saturated heterocycles. The summed E-state index contributed by atoms with van der Waals surface area (Å²) in [5.41, 5.74) is 21.1. The first-order valence-corrected chi connectivity index (χ1v) is 20.4. The average molecular weight is 742 g/mol. The zero-order valence-electron chi connectivity index (χ0n) is 33.1.